The van der Waals surface area contributed by atoms with Crippen LogP contribution in [0.5, 0.6) is 0 Å². The third-order valence-corrected chi connectivity index (χ3v) is 6.02. The molecule has 2 N–H and O–H groups in total. The molecular weight excluding hydrogens is 471 g/mol. The maximum atomic E-state index is 13.4. The quantitative estimate of drug-likeness (QED) is 0.457. The molecule has 1 atom stereocenters. The first-order chi connectivity index (χ1) is 12.2. The summed E-state index contributed by atoms with van der Waals surface area (Å²) in [6.07, 6.45) is 0.251. The zero-order chi connectivity index (χ0) is 19.5. The Hall–Kier alpha value is -1.66. The normalized spacial score (nSPS) is 18.2. The van der Waals surface area contributed by atoms with E-state index in [0.29, 0.717) is 46.3 Å². The zero-order valence-corrected chi connectivity index (χ0v) is 17.6. The smallest absolute Gasteiger partial charge is 0.407 e. The molecule has 9 heteroatoms. The molecule has 1 aromatic carbocycles. The molecule has 0 saturated carbocycles. The highest BCUT2D eigenvalue weighted by molar-refractivity contribution is 9.11. The van der Waals surface area contributed by atoms with Crippen molar-refractivity contribution in [3.63, 3.8) is 0 Å². The highest BCUT2D eigenvalue weighted by Gasteiger charge is 2.40. The molecule has 1 unspecified atom stereocenters. The second-order valence-electron chi connectivity index (χ2n) is 6.60. The Bertz CT molecular complexity index is 748. The van der Waals surface area contributed by atoms with Crippen LogP contribution in [0, 0.1) is 28.5 Å². The largest absolute Gasteiger partial charge is 0.465 e. The molecule has 1 aliphatic heterocycles. The number of hydrazone groups is 1. The lowest BCUT2D eigenvalue weighted by Crippen LogP contribution is -2.45. The fourth-order valence-electron chi connectivity index (χ4n) is 3.11. The molecule has 1 heterocycles. The Morgan fingerprint density at radius 1 is 1.42 bits per heavy atom. The summed E-state index contributed by atoms with van der Waals surface area (Å²) >= 11 is 6.56. The number of benzene rings is 1. The van der Waals surface area contributed by atoms with Gasteiger partial charge in [0, 0.05) is 22.0 Å². The third kappa shape index (κ3) is 4.54. The predicted molar refractivity (Wildman–Crippen MR) is 105 cm³/mol. The summed E-state index contributed by atoms with van der Waals surface area (Å²) in [5.41, 5.74) is 3.69. The number of rotatable bonds is 4. The molecule has 1 aliphatic rings. The van der Waals surface area contributed by atoms with Crippen LogP contribution in [0.3, 0.4) is 0 Å². The van der Waals surface area contributed by atoms with E-state index in [0.717, 1.165) is 0 Å². The highest BCUT2D eigenvalue weighted by Crippen LogP contribution is 2.39. The summed E-state index contributed by atoms with van der Waals surface area (Å²) in [5.74, 6) is -0.841. The predicted octanol–water partition coefficient (Wildman–Crippen LogP) is 5.06. The Kier molecular flexibility index (Phi) is 6.64. The van der Waals surface area contributed by atoms with E-state index in [1.165, 1.54) is 17.0 Å². The first-order valence-electron chi connectivity index (χ1n) is 8.00. The maximum Gasteiger partial charge on any atom is 0.407 e. The maximum absolute atomic E-state index is 13.4. The van der Waals surface area contributed by atoms with Crippen LogP contribution in [0.4, 0.5) is 14.9 Å². The van der Waals surface area contributed by atoms with E-state index in [1.54, 1.807) is 6.92 Å². The van der Waals surface area contributed by atoms with Gasteiger partial charge in [-0.3, -0.25) is 5.43 Å². The van der Waals surface area contributed by atoms with Crippen LogP contribution in [-0.2, 0) is 0 Å². The number of carboxylic acid groups (broad SMARTS) is 1. The summed E-state index contributed by atoms with van der Waals surface area (Å²) in [4.78, 5) is 12.4. The minimum Gasteiger partial charge on any atom is -0.465 e. The van der Waals surface area contributed by atoms with Crippen molar-refractivity contribution in [1.82, 2.24) is 4.90 Å². The second-order valence-corrected chi connectivity index (χ2v) is 8.30. The summed E-state index contributed by atoms with van der Waals surface area (Å²) < 4.78 is 14.4. The monoisotopic (exact) mass is 488 g/mol. The molecule has 0 aromatic heterocycles. The first-order valence-corrected chi connectivity index (χ1v) is 9.59. The molecule has 1 amide bonds. The van der Waals surface area contributed by atoms with Crippen LogP contribution in [-0.4, -0.2) is 34.9 Å². The van der Waals surface area contributed by atoms with E-state index in [9.17, 15) is 14.4 Å². The van der Waals surface area contributed by atoms with Crippen molar-refractivity contribution in [2.75, 3.05) is 18.5 Å². The molecule has 2 rings (SSSR count). The summed E-state index contributed by atoms with van der Waals surface area (Å²) in [6.45, 7) is 4.56. The average Bonchev–Trinajstić information content (AvgIpc) is 2.54. The number of nitriles is 1. The van der Waals surface area contributed by atoms with Crippen molar-refractivity contribution in [3.8, 4) is 6.07 Å². The Morgan fingerprint density at radius 2 is 1.96 bits per heavy atom. The van der Waals surface area contributed by atoms with Gasteiger partial charge in [0.2, 0.25) is 0 Å². The van der Waals surface area contributed by atoms with E-state index in [-0.39, 0.29) is 11.2 Å². The molecule has 0 radical (unpaired) electrons. The van der Waals surface area contributed by atoms with E-state index >= 15 is 0 Å². The summed E-state index contributed by atoms with van der Waals surface area (Å²) in [6, 6.07) is 4.95. The van der Waals surface area contributed by atoms with Crippen molar-refractivity contribution in [3.05, 3.63) is 26.9 Å². The molecular formula is C17H19Br2FN4O2. The molecule has 0 bridgehead atoms. The molecule has 6 nitrogen and oxygen atoms in total. The van der Waals surface area contributed by atoms with Crippen LogP contribution < -0.4 is 5.43 Å². The number of nitrogens with one attached hydrogen (secondary N) is 1. The molecule has 26 heavy (non-hydrogen) atoms. The van der Waals surface area contributed by atoms with Gasteiger partial charge in [0.15, 0.2) is 0 Å². The van der Waals surface area contributed by atoms with Gasteiger partial charge in [0.05, 0.1) is 23.4 Å². The summed E-state index contributed by atoms with van der Waals surface area (Å²) in [7, 11) is 0. The average molecular weight is 490 g/mol. The van der Waals surface area contributed by atoms with Crippen LogP contribution in [0.25, 0.3) is 0 Å². The fourth-order valence-corrected chi connectivity index (χ4v) is 4.42. The molecule has 1 saturated heterocycles. The number of nitrogens with zero attached hydrogens (tertiary/aromatic N) is 3. The molecule has 0 spiro atoms. The van der Waals surface area contributed by atoms with Gasteiger partial charge in [-0.15, -0.1) is 0 Å². The second kappa shape index (κ2) is 8.35. The fraction of sp³-hybridized carbons (Fsp3) is 0.471. The standard InChI is InChI=1S/C17H19Br2FN4O2/c1-10(22-23-15-13(18)7-11(20)8-14(15)19)12(9-21)17(2)3-5-24(6-4-17)16(25)26/h7-8,12,23H,3-6H2,1-2H3,(H,25,26). The third-order valence-electron chi connectivity index (χ3n) is 4.77. The molecule has 0 aliphatic carbocycles. The number of hydrogen-bond donors (Lipinski definition) is 2. The van der Waals surface area contributed by atoms with Gasteiger partial charge in [-0.1, -0.05) is 6.92 Å². The highest BCUT2D eigenvalue weighted by atomic mass is 79.9. The minimum absolute atomic E-state index is 0.354. The van der Waals surface area contributed by atoms with Crippen molar-refractivity contribution in [1.29, 1.82) is 5.26 Å². The van der Waals surface area contributed by atoms with E-state index in [4.69, 9.17) is 5.11 Å². The number of piperidine rings is 1. The van der Waals surface area contributed by atoms with Crippen LogP contribution in [0.2, 0.25) is 0 Å². The lowest BCUT2D eigenvalue weighted by atomic mass is 9.69. The van der Waals surface area contributed by atoms with Gasteiger partial charge >= 0.3 is 6.09 Å². The van der Waals surface area contributed by atoms with Crippen molar-refractivity contribution < 1.29 is 14.3 Å². The van der Waals surface area contributed by atoms with E-state index in [1.807, 2.05) is 6.92 Å². The number of anilines is 1. The number of halogens is 3. The molecule has 1 aromatic rings. The number of likely N-dealkylation sites (tertiary alicyclic amines) is 1. The number of carbonyl (C=O) groups is 1. The zero-order valence-electron chi connectivity index (χ0n) is 14.4. The van der Waals surface area contributed by atoms with Crippen molar-refractivity contribution >= 4 is 49.4 Å². The number of hydrogen-bond acceptors (Lipinski definition) is 4. The van der Waals surface area contributed by atoms with Crippen LogP contribution >= 0.6 is 31.9 Å². The van der Waals surface area contributed by atoms with E-state index < -0.39 is 12.0 Å². The minimum atomic E-state index is -0.932. The van der Waals surface area contributed by atoms with Gasteiger partial charge in [-0.05, 0) is 69.2 Å². The lowest BCUT2D eigenvalue weighted by Gasteiger charge is -2.40. The Morgan fingerprint density at radius 3 is 2.42 bits per heavy atom. The molecule has 140 valence electrons. The Balaban J connectivity index is 2.16. The number of amides is 1. The van der Waals surface area contributed by atoms with Crippen LogP contribution in [0.15, 0.2) is 26.2 Å². The van der Waals surface area contributed by atoms with Crippen molar-refractivity contribution in [2.45, 2.75) is 26.7 Å². The molecule has 1 fully saturated rings. The van der Waals surface area contributed by atoms with Gasteiger partial charge in [-0.2, -0.15) is 10.4 Å². The van der Waals surface area contributed by atoms with Crippen LogP contribution in [0.1, 0.15) is 26.7 Å². The lowest BCUT2D eigenvalue weighted by molar-refractivity contribution is 0.0899. The van der Waals surface area contributed by atoms with Gasteiger partial charge in [-0.25, -0.2) is 9.18 Å². The van der Waals surface area contributed by atoms with Gasteiger partial charge in [0.25, 0.3) is 0 Å². The summed E-state index contributed by atoms with van der Waals surface area (Å²) in [5, 5.41) is 23.1. The Labute approximate surface area is 168 Å². The topological polar surface area (TPSA) is 88.7 Å². The first kappa shape index (κ1) is 20.6. The van der Waals surface area contributed by atoms with E-state index in [2.05, 4.69) is 48.5 Å². The van der Waals surface area contributed by atoms with Gasteiger partial charge in [0.1, 0.15) is 5.82 Å². The SMILES string of the molecule is CC(=NNc1c(Br)cc(F)cc1Br)C(C#N)C1(C)CCN(C(=O)O)CC1. The van der Waals surface area contributed by atoms with Crippen molar-refractivity contribution in [2.24, 2.45) is 16.4 Å². The van der Waals surface area contributed by atoms with Gasteiger partial charge < -0.3 is 10.0 Å².